The highest BCUT2D eigenvalue weighted by molar-refractivity contribution is 9.10. The highest BCUT2D eigenvalue weighted by Crippen LogP contribution is 2.22. The molecule has 4 heteroatoms. The first-order valence-corrected chi connectivity index (χ1v) is 7.13. The van der Waals surface area contributed by atoms with Gasteiger partial charge in [0.2, 0.25) is 5.91 Å². The first kappa shape index (κ1) is 15.2. The highest BCUT2D eigenvalue weighted by Gasteiger charge is 2.14. The molecule has 1 aromatic carbocycles. The minimum Gasteiger partial charge on any atom is -0.349 e. The van der Waals surface area contributed by atoms with Gasteiger partial charge in [-0.1, -0.05) is 47.5 Å². The number of halogens is 1. The minimum atomic E-state index is -0.0404. The molecule has 100 valence electrons. The van der Waals surface area contributed by atoms with Crippen molar-refractivity contribution in [2.24, 2.45) is 5.73 Å². The molecule has 2 atom stereocenters. The van der Waals surface area contributed by atoms with Crippen molar-refractivity contribution in [3.05, 3.63) is 34.3 Å². The zero-order chi connectivity index (χ0) is 13.5. The van der Waals surface area contributed by atoms with Crippen molar-refractivity contribution in [2.45, 2.75) is 45.2 Å². The second-order valence-electron chi connectivity index (χ2n) is 4.56. The van der Waals surface area contributed by atoms with Crippen molar-refractivity contribution in [3.63, 3.8) is 0 Å². The summed E-state index contributed by atoms with van der Waals surface area (Å²) in [6.07, 6.45) is 2.29. The van der Waals surface area contributed by atoms with Crippen LogP contribution < -0.4 is 11.1 Å². The van der Waals surface area contributed by atoms with Gasteiger partial charge in [0.05, 0.1) is 6.04 Å². The van der Waals surface area contributed by atoms with Gasteiger partial charge in [0.1, 0.15) is 0 Å². The Morgan fingerprint density at radius 3 is 2.72 bits per heavy atom. The lowest BCUT2D eigenvalue weighted by Gasteiger charge is -2.17. The predicted molar refractivity (Wildman–Crippen MR) is 78.2 cm³/mol. The van der Waals surface area contributed by atoms with Crippen LogP contribution in [0.1, 0.15) is 44.7 Å². The van der Waals surface area contributed by atoms with Crippen LogP contribution in [0.5, 0.6) is 0 Å². The second-order valence-corrected chi connectivity index (χ2v) is 5.42. The van der Waals surface area contributed by atoms with Gasteiger partial charge in [-0.25, -0.2) is 0 Å². The third-order valence-electron chi connectivity index (χ3n) is 2.86. The van der Waals surface area contributed by atoms with Crippen LogP contribution in [-0.2, 0) is 4.79 Å². The SMILES string of the molecule is CCCC(N)CC(=O)NC(C)c1ccccc1Br. The molecule has 3 nitrogen and oxygen atoms in total. The van der Waals surface area contributed by atoms with Crippen LogP contribution in [0.3, 0.4) is 0 Å². The molecule has 0 saturated heterocycles. The fraction of sp³-hybridized carbons (Fsp3) is 0.500. The number of nitrogens with one attached hydrogen (secondary N) is 1. The Balaban J connectivity index is 2.52. The summed E-state index contributed by atoms with van der Waals surface area (Å²) in [7, 11) is 0. The maximum absolute atomic E-state index is 11.8. The molecule has 0 saturated carbocycles. The lowest BCUT2D eigenvalue weighted by atomic mass is 10.1. The summed E-state index contributed by atoms with van der Waals surface area (Å²) in [4.78, 5) is 11.8. The maximum Gasteiger partial charge on any atom is 0.222 e. The molecule has 0 aliphatic carbocycles. The van der Waals surface area contributed by atoms with Gasteiger partial charge >= 0.3 is 0 Å². The van der Waals surface area contributed by atoms with Crippen LogP contribution in [0.15, 0.2) is 28.7 Å². The molecule has 2 unspecified atom stereocenters. The van der Waals surface area contributed by atoms with Crippen LogP contribution in [0, 0.1) is 0 Å². The van der Waals surface area contributed by atoms with E-state index >= 15 is 0 Å². The van der Waals surface area contributed by atoms with Gasteiger partial charge in [-0.05, 0) is 25.0 Å². The predicted octanol–water partition coefficient (Wildman–Crippen LogP) is 3.14. The maximum atomic E-state index is 11.8. The van der Waals surface area contributed by atoms with E-state index < -0.39 is 0 Å². The smallest absolute Gasteiger partial charge is 0.222 e. The van der Waals surface area contributed by atoms with E-state index in [0.717, 1.165) is 22.9 Å². The topological polar surface area (TPSA) is 55.1 Å². The van der Waals surface area contributed by atoms with Crippen LogP contribution in [0.25, 0.3) is 0 Å². The van der Waals surface area contributed by atoms with E-state index in [-0.39, 0.29) is 18.0 Å². The monoisotopic (exact) mass is 312 g/mol. The highest BCUT2D eigenvalue weighted by atomic mass is 79.9. The van der Waals surface area contributed by atoms with Gasteiger partial charge in [-0.3, -0.25) is 4.79 Å². The first-order chi connectivity index (χ1) is 8.54. The molecule has 3 N–H and O–H groups in total. The number of nitrogens with two attached hydrogens (primary N) is 1. The normalized spacial score (nSPS) is 14.0. The number of rotatable bonds is 6. The zero-order valence-corrected chi connectivity index (χ0v) is 12.5. The van der Waals surface area contributed by atoms with Crippen molar-refractivity contribution < 1.29 is 4.79 Å². The number of hydrogen-bond acceptors (Lipinski definition) is 2. The molecule has 1 rings (SSSR count). The van der Waals surface area contributed by atoms with Crippen molar-refractivity contribution in [3.8, 4) is 0 Å². The van der Waals surface area contributed by atoms with E-state index in [0.29, 0.717) is 6.42 Å². The van der Waals surface area contributed by atoms with Crippen LogP contribution in [0.4, 0.5) is 0 Å². The van der Waals surface area contributed by atoms with E-state index in [2.05, 4.69) is 28.2 Å². The van der Waals surface area contributed by atoms with Gasteiger partial charge in [0.15, 0.2) is 0 Å². The Bertz CT molecular complexity index is 395. The van der Waals surface area contributed by atoms with Crippen LogP contribution in [-0.4, -0.2) is 11.9 Å². The summed E-state index contributed by atoms with van der Waals surface area (Å²) in [6.45, 7) is 4.05. The summed E-state index contributed by atoms with van der Waals surface area (Å²) in [5, 5.41) is 2.98. The van der Waals surface area contributed by atoms with Crippen molar-refractivity contribution in [2.75, 3.05) is 0 Å². The quantitative estimate of drug-likeness (QED) is 0.847. The van der Waals surface area contributed by atoms with E-state index in [4.69, 9.17) is 5.73 Å². The van der Waals surface area contributed by atoms with Crippen LogP contribution in [0.2, 0.25) is 0 Å². The number of benzene rings is 1. The van der Waals surface area contributed by atoms with Gasteiger partial charge in [-0.15, -0.1) is 0 Å². The van der Waals surface area contributed by atoms with Crippen molar-refractivity contribution in [1.29, 1.82) is 0 Å². The first-order valence-electron chi connectivity index (χ1n) is 6.34. The Labute approximate surface area is 117 Å². The molecule has 0 fully saturated rings. The standard InChI is InChI=1S/C14H21BrN2O/c1-3-6-11(16)9-14(18)17-10(2)12-7-4-5-8-13(12)15/h4-5,7-8,10-11H,3,6,9,16H2,1-2H3,(H,17,18). The van der Waals surface area contributed by atoms with Gasteiger partial charge in [0.25, 0.3) is 0 Å². The average Bonchev–Trinajstić information content (AvgIpc) is 2.29. The number of carbonyl (C=O) groups is 1. The molecule has 1 amide bonds. The van der Waals surface area contributed by atoms with Crippen molar-refractivity contribution >= 4 is 21.8 Å². The molecule has 18 heavy (non-hydrogen) atoms. The summed E-state index contributed by atoms with van der Waals surface area (Å²) in [6, 6.07) is 7.84. The Kier molecular flexibility index (Phi) is 6.36. The molecule has 1 aromatic rings. The molecule has 0 aliphatic heterocycles. The zero-order valence-electron chi connectivity index (χ0n) is 10.9. The molecule has 0 aliphatic rings. The molecule has 0 bridgehead atoms. The Hall–Kier alpha value is -0.870. The summed E-state index contributed by atoms with van der Waals surface area (Å²) < 4.78 is 1.01. The number of carbonyl (C=O) groups excluding carboxylic acids is 1. The van der Waals surface area contributed by atoms with Gasteiger partial charge in [-0.2, -0.15) is 0 Å². The summed E-state index contributed by atoms with van der Waals surface area (Å²) in [5.74, 6) is 0.0132. The van der Waals surface area contributed by atoms with Gasteiger partial charge < -0.3 is 11.1 Å². The van der Waals surface area contributed by atoms with E-state index in [1.165, 1.54) is 0 Å². The summed E-state index contributed by atoms with van der Waals surface area (Å²) >= 11 is 3.49. The fourth-order valence-corrected chi connectivity index (χ4v) is 2.54. The molecule has 0 spiro atoms. The van der Waals surface area contributed by atoms with Gasteiger partial charge in [0, 0.05) is 16.9 Å². The summed E-state index contributed by atoms with van der Waals surface area (Å²) in [5.41, 5.74) is 6.94. The number of amides is 1. The third-order valence-corrected chi connectivity index (χ3v) is 3.58. The van der Waals surface area contributed by atoms with E-state index in [9.17, 15) is 4.79 Å². The van der Waals surface area contributed by atoms with Crippen LogP contribution >= 0.6 is 15.9 Å². The molecular formula is C14H21BrN2O. The molecule has 0 aromatic heterocycles. The Morgan fingerprint density at radius 1 is 1.44 bits per heavy atom. The lowest BCUT2D eigenvalue weighted by Crippen LogP contribution is -2.33. The fourth-order valence-electron chi connectivity index (χ4n) is 1.92. The molecule has 0 radical (unpaired) electrons. The van der Waals surface area contributed by atoms with E-state index in [1.54, 1.807) is 0 Å². The molecular weight excluding hydrogens is 292 g/mol. The third kappa shape index (κ3) is 4.78. The van der Waals surface area contributed by atoms with E-state index in [1.807, 2.05) is 31.2 Å². The largest absolute Gasteiger partial charge is 0.349 e. The molecule has 0 heterocycles. The second kappa shape index (κ2) is 7.54. The number of hydrogen-bond donors (Lipinski definition) is 2. The Morgan fingerprint density at radius 2 is 2.11 bits per heavy atom. The minimum absolute atomic E-state index is 0.0121. The van der Waals surface area contributed by atoms with Crippen molar-refractivity contribution in [1.82, 2.24) is 5.32 Å². The lowest BCUT2D eigenvalue weighted by molar-refractivity contribution is -0.122. The average molecular weight is 313 g/mol.